The number of nitrogens with zero attached hydrogens (tertiary/aromatic N) is 1. The number of carbonyl (C=O) groups is 2. The van der Waals surface area contributed by atoms with Crippen LogP contribution in [0, 0.1) is 5.41 Å². The summed E-state index contributed by atoms with van der Waals surface area (Å²) in [7, 11) is 0. The summed E-state index contributed by atoms with van der Waals surface area (Å²) >= 11 is 0. The number of hydrogen-bond donors (Lipinski definition) is 2. The molecule has 3 rings (SSSR count). The van der Waals surface area contributed by atoms with Crippen LogP contribution in [0.3, 0.4) is 0 Å². The summed E-state index contributed by atoms with van der Waals surface area (Å²) in [5, 5.41) is 6.84. The average molecular weight is 396 g/mol. The number of piperidine rings is 1. The van der Waals surface area contributed by atoms with E-state index in [0.29, 0.717) is 12.0 Å². The Hall–Kier alpha value is -2.56. The molecule has 0 unspecified atom stereocenters. The van der Waals surface area contributed by atoms with E-state index in [4.69, 9.17) is 0 Å². The molecule has 0 atom stereocenters. The van der Waals surface area contributed by atoms with Gasteiger partial charge in [-0.25, -0.2) is 0 Å². The molecule has 0 aromatic heterocycles. The molecule has 29 heavy (non-hydrogen) atoms. The number of benzene rings is 1. The molecule has 5 heteroatoms. The van der Waals surface area contributed by atoms with Crippen LogP contribution in [-0.4, -0.2) is 36.7 Å². The van der Waals surface area contributed by atoms with Gasteiger partial charge in [0, 0.05) is 36.5 Å². The first-order valence-corrected chi connectivity index (χ1v) is 10.7. The third-order valence-corrected chi connectivity index (χ3v) is 6.11. The topological polar surface area (TPSA) is 61.4 Å². The monoisotopic (exact) mass is 395 g/mol. The Morgan fingerprint density at radius 1 is 1.21 bits per heavy atom. The Bertz CT molecular complexity index is 842. The Balaban J connectivity index is 1.76. The maximum Gasteiger partial charge on any atom is 0.251 e. The maximum absolute atomic E-state index is 13.0. The summed E-state index contributed by atoms with van der Waals surface area (Å²) in [5.74, 6) is 1.09. The van der Waals surface area contributed by atoms with E-state index in [1.807, 2.05) is 36.1 Å². The predicted molar refractivity (Wildman–Crippen MR) is 118 cm³/mol. The zero-order chi connectivity index (χ0) is 21.0. The van der Waals surface area contributed by atoms with E-state index in [2.05, 4.69) is 31.4 Å². The molecule has 2 heterocycles. The lowest BCUT2D eigenvalue weighted by Crippen LogP contribution is -2.43. The van der Waals surface area contributed by atoms with Gasteiger partial charge in [-0.1, -0.05) is 27.7 Å². The molecule has 1 fully saturated rings. The Morgan fingerprint density at radius 2 is 1.93 bits per heavy atom. The molecule has 0 aliphatic carbocycles. The Morgan fingerprint density at radius 3 is 2.55 bits per heavy atom. The second-order valence-corrected chi connectivity index (χ2v) is 8.74. The lowest BCUT2D eigenvalue weighted by molar-refractivity contribution is -0.129. The SMILES string of the molecule is CCC1=C(Nc2ccc(C=O)c(CC)c2)NCC(C(=O)N2CCC(C)(C)CC2)=C1. The van der Waals surface area contributed by atoms with Crippen LogP contribution in [0.15, 0.2) is 41.2 Å². The van der Waals surface area contributed by atoms with Crippen molar-refractivity contribution in [3.05, 3.63) is 52.4 Å². The van der Waals surface area contributed by atoms with E-state index in [0.717, 1.165) is 78.8 Å². The van der Waals surface area contributed by atoms with Gasteiger partial charge in [0.15, 0.2) is 0 Å². The highest BCUT2D eigenvalue weighted by atomic mass is 16.2. The van der Waals surface area contributed by atoms with Gasteiger partial charge < -0.3 is 15.5 Å². The van der Waals surface area contributed by atoms with Crippen LogP contribution in [0.2, 0.25) is 0 Å². The van der Waals surface area contributed by atoms with Gasteiger partial charge in [0.2, 0.25) is 0 Å². The van der Waals surface area contributed by atoms with Crippen molar-refractivity contribution in [1.82, 2.24) is 10.2 Å². The normalized spacial score (nSPS) is 18.8. The lowest BCUT2D eigenvalue weighted by Gasteiger charge is -2.37. The number of aryl methyl sites for hydroxylation is 1. The summed E-state index contributed by atoms with van der Waals surface area (Å²) in [6.07, 6.45) is 6.69. The first kappa shape index (κ1) is 21.2. The Labute approximate surface area is 174 Å². The van der Waals surface area contributed by atoms with Crippen molar-refractivity contribution >= 4 is 17.9 Å². The molecule has 0 bridgehead atoms. The number of nitrogens with one attached hydrogen (secondary N) is 2. The fourth-order valence-corrected chi connectivity index (χ4v) is 3.94. The fraction of sp³-hybridized carbons (Fsp3) is 0.500. The molecule has 2 N–H and O–H groups in total. The number of rotatable bonds is 6. The van der Waals surface area contributed by atoms with Crippen LogP contribution >= 0.6 is 0 Å². The number of hydrogen-bond acceptors (Lipinski definition) is 4. The van der Waals surface area contributed by atoms with Gasteiger partial charge in [-0.3, -0.25) is 9.59 Å². The molecule has 5 nitrogen and oxygen atoms in total. The first-order chi connectivity index (χ1) is 13.9. The van der Waals surface area contributed by atoms with Gasteiger partial charge in [0.25, 0.3) is 5.91 Å². The van der Waals surface area contributed by atoms with E-state index in [-0.39, 0.29) is 5.91 Å². The van der Waals surface area contributed by atoms with Gasteiger partial charge in [-0.2, -0.15) is 0 Å². The summed E-state index contributed by atoms with van der Waals surface area (Å²) in [4.78, 5) is 26.1. The number of dihydropyridines is 1. The molecular weight excluding hydrogens is 362 g/mol. The van der Waals surface area contributed by atoms with Gasteiger partial charge in [-0.15, -0.1) is 0 Å². The molecule has 1 amide bonds. The summed E-state index contributed by atoms with van der Waals surface area (Å²) in [6.45, 7) is 10.9. The third kappa shape index (κ3) is 4.89. The minimum atomic E-state index is 0.154. The van der Waals surface area contributed by atoms with Gasteiger partial charge in [0.1, 0.15) is 12.1 Å². The minimum absolute atomic E-state index is 0.154. The number of aldehydes is 1. The van der Waals surface area contributed by atoms with Gasteiger partial charge in [-0.05, 0) is 66.5 Å². The quantitative estimate of drug-likeness (QED) is 0.706. The largest absolute Gasteiger partial charge is 0.367 e. The van der Waals surface area contributed by atoms with Crippen LogP contribution in [-0.2, 0) is 11.2 Å². The van der Waals surface area contributed by atoms with Crippen molar-refractivity contribution in [2.24, 2.45) is 5.41 Å². The summed E-state index contributed by atoms with van der Waals surface area (Å²) < 4.78 is 0. The van der Waals surface area contributed by atoms with Crippen molar-refractivity contribution in [3.8, 4) is 0 Å². The van der Waals surface area contributed by atoms with E-state index >= 15 is 0 Å². The van der Waals surface area contributed by atoms with Crippen LogP contribution in [0.25, 0.3) is 0 Å². The summed E-state index contributed by atoms with van der Waals surface area (Å²) in [5.41, 5.74) is 4.96. The number of amides is 1. The van der Waals surface area contributed by atoms with E-state index < -0.39 is 0 Å². The molecule has 0 spiro atoms. The second kappa shape index (κ2) is 8.85. The number of carbonyl (C=O) groups excluding carboxylic acids is 2. The molecule has 1 aromatic carbocycles. The standard InChI is InChI=1S/C24H33N3O2/c1-5-17-14-21(8-7-19(17)16-28)26-22-18(6-2)13-20(15-25-22)23(29)27-11-9-24(3,4)10-12-27/h7-8,13-14,16,25-26H,5-6,9-12,15H2,1-4H3. The average Bonchev–Trinajstić information content (AvgIpc) is 2.73. The molecule has 2 aliphatic rings. The molecule has 1 saturated heterocycles. The highest BCUT2D eigenvalue weighted by Gasteiger charge is 2.30. The number of anilines is 1. The van der Waals surface area contributed by atoms with Crippen molar-refractivity contribution in [3.63, 3.8) is 0 Å². The highest BCUT2D eigenvalue weighted by molar-refractivity contribution is 5.95. The number of allylic oxidation sites excluding steroid dienone is 2. The zero-order valence-corrected chi connectivity index (χ0v) is 18.1. The predicted octanol–water partition coefficient (Wildman–Crippen LogP) is 4.27. The van der Waals surface area contributed by atoms with Crippen molar-refractivity contribution in [2.75, 3.05) is 25.0 Å². The molecule has 156 valence electrons. The van der Waals surface area contributed by atoms with Crippen molar-refractivity contribution < 1.29 is 9.59 Å². The van der Waals surface area contributed by atoms with Crippen molar-refractivity contribution in [2.45, 2.75) is 53.4 Å². The second-order valence-electron chi connectivity index (χ2n) is 8.74. The molecule has 2 aliphatic heterocycles. The minimum Gasteiger partial charge on any atom is -0.367 e. The first-order valence-electron chi connectivity index (χ1n) is 10.7. The van der Waals surface area contributed by atoms with Gasteiger partial charge >= 0.3 is 0 Å². The van der Waals surface area contributed by atoms with E-state index in [1.54, 1.807) is 0 Å². The smallest absolute Gasteiger partial charge is 0.251 e. The van der Waals surface area contributed by atoms with Crippen LogP contribution in [0.1, 0.15) is 62.9 Å². The van der Waals surface area contributed by atoms with Gasteiger partial charge in [0.05, 0.1) is 0 Å². The zero-order valence-electron chi connectivity index (χ0n) is 18.1. The molecular formula is C24H33N3O2. The molecule has 0 saturated carbocycles. The maximum atomic E-state index is 13.0. The lowest BCUT2D eigenvalue weighted by atomic mass is 9.82. The van der Waals surface area contributed by atoms with E-state index in [9.17, 15) is 9.59 Å². The number of likely N-dealkylation sites (tertiary alicyclic amines) is 1. The van der Waals surface area contributed by atoms with Crippen LogP contribution in [0.5, 0.6) is 0 Å². The summed E-state index contributed by atoms with van der Waals surface area (Å²) in [6, 6.07) is 5.79. The highest BCUT2D eigenvalue weighted by Crippen LogP contribution is 2.30. The van der Waals surface area contributed by atoms with E-state index in [1.165, 1.54) is 0 Å². The molecule has 0 radical (unpaired) electrons. The van der Waals surface area contributed by atoms with Crippen LogP contribution in [0.4, 0.5) is 5.69 Å². The molecule has 1 aromatic rings. The van der Waals surface area contributed by atoms with Crippen LogP contribution < -0.4 is 10.6 Å². The fourth-order valence-electron chi connectivity index (χ4n) is 3.94. The van der Waals surface area contributed by atoms with Crippen molar-refractivity contribution in [1.29, 1.82) is 0 Å². The third-order valence-electron chi connectivity index (χ3n) is 6.11. The Kier molecular flexibility index (Phi) is 6.46.